The van der Waals surface area contributed by atoms with Crippen molar-refractivity contribution in [3.63, 3.8) is 0 Å². The Kier molecular flexibility index (Phi) is 6.08. The first-order valence-corrected chi connectivity index (χ1v) is 9.75. The van der Waals surface area contributed by atoms with Gasteiger partial charge in [-0.05, 0) is 43.7 Å². The third kappa shape index (κ3) is 4.12. The van der Waals surface area contributed by atoms with Crippen molar-refractivity contribution < 1.29 is 9.18 Å². The van der Waals surface area contributed by atoms with Crippen molar-refractivity contribution in [3.05, 3.63) is 46.4 Å². The molecule has 0 aliphatic carbocycles. The Bertz CT molecular complexity index is 833. The molecule has 0 unspecified atom stereocenters. The second-order valence-corrected chi connectivity index (χ2v) is 7.22. The van der Waals surface area contributed by atoms with Crippen LogP contribution in [0.5, 0.6) is 0 Å². The Morgan fingerprint density at radius 3 is 2.56 bits per heavy atom. The fourth-order valence-electron chi connectivity index (χ4n) is 3.86. The van der Waals surface area contributed by atoms with E-state index in [-0.39, 0.29) is 17.5 Å². The number of aromatic nitrogens is 3. The monoisotopic (exact) mass is 374 g/mol. The van der Waals surface area contributed by atoms with E-state index < -0.39 is 11.5 Å². The molecule has 146 valence electrons. The maximum Gasteiger partial charge on any atom is 0.348 e. The molecule has 0 radical (unpaired) electrons. The molecule has 0 saturated carbocycles. The molecule has 1 aliphatic heterocycles. The van der Waals surface area contributed by atoms with E-state index in [9.17, 15) is 14.0 Å². The highest BCUT2D eigenvalue weighted by atomic mass is 19.1. The highest BCUT2D eigenvalue weighted by Gasteiger charge is 2.27. The summed E-state index contributed by atoms with van der Waals surface area (Å²) in [5, 5.41) is 6.55. The number of carbonyl (C=O) groups excluding carboxylic acids is 1. The van der Waals surface area contributed by atoms with Crippen molar-refractivity contribution in [2.45, 2.75) is 46.0 Å². The first-order chi connectivity index (χ1) is 13.0. The number of para-hydroxylation sites is 1. The van der Waals surface area contributed by atoms with Gasteiger partial charge in [0.05, 0.1) is 5.69 Å². The number of hydrogen-bond donors (Lipinski definition) is 1. The second-order valence-electron chi connectivity index (χ2n) is 7.22. The molecule has 2 aromatic rings. The summed E-state index contributed by atoms with van der Waals surface area (Å²) in [6, 6.07) is 6.20. The third-order valence-corrected chi connectivity index (χ3v) is 5.57. The van der Waals surface area contributed by atoms with Crippen LogP contribution in [-0.2, 0) is 11.2 Å². The molecule has 1 aliphatic rings. The fourth-order valence-corrected chi connectivity index (χ4v) is 3.86. The number of likely N-dealkylation sites (tertiary alicyclic amines) is 1. The standard InChI is InChI=1S/C20H27FN4O2/c1-3-15(4-2)19(26)24-11-9-14(10-12-24)13-18-22-23-20(27)25(18)17-8-6-5-7-16(17)21/h5-8,14-15H,3-4,9-13H2,1-2H3,(H,23,27). The normalized spacial score (nSPS) is 15.5. The van der Waals surface area contributed by atoms with E-state index in [4.69, 9.17) is 0 Å². The summed E-state index contributed by atoms with van der Waals surface area (Å²) >= 11 is 0. The van der Waals surface area contributed by atoms with E-state index >= 15 is 0 Å². The lowest BCUT2D eigenvalue weighted by Gasteiger charge is -2.34. The number of halogens is 1. The Morgan fingerprint density at radius 1 is 1.26 bits per heavy atom. The molecule has 6 nitrogen and oxygen atoms in total. The van der Waals surface area contributed by atoms with Gasteiger partial charge < -0.3 is 4.90 Å². The number of nitrogens with zero attached hydrogens (tertiary/aromatic N) is 3. The molecular formula is C20H27FN4O2. The van der Waals surface area contributed by atoms with Gasteiger partial charge in [0.15, 0.2) is 0 Å². The predicted molar refractivity (Wildman–Crippen MR) is 101 cm³/mol. The van der Waals surface area contributed by atoms with E-state index in [2.05, 4.69) is 24.0 Å². The summed E-state index contributed by atoms with van der Waals surface area (Å²) < 4.78 is 15.4. The Labute approximate surface area is 158 Å². The van der Waals surface area contributed by atoms with E-state index in [1.807, 2.05) is 4.90 Å². The number of H-pyrrole nitrogens is 1. The summed E-state index contributed by atoms with van der Waals surface area (Å²) in [7, 11) is 0. The molecule has 1 amide bonds. The van der Waals surface area contributed by atoms with Crippen LogP contribution in [0.1, 0.15) is 45.4 Å². The van der Waals surface area contributed by atoms with Crippen molar-refractivity contribution in [2.75, 3.05) is 13.1 Å². The summed E-state index contributed by atoms with van der Waals surface area (Å²) in [5.74, 6) is 0.764. The fraction of sp³-hybridized carbons (Fsp3) is 0.550. The van der Waals surface area contributed by atoms with E-state index in [0.29, 0.717) is 18.2 Å². The van der Waals surface area contributed by atoms with Crippen molar-refractivity contribution in [1.29, 1.82) is 0 Å². The van der Waals surface area contributed by atoms with Crippen LogP contribution in [0.4, 0.5) is 4.39 Å². The molecule has 1 saturated heterocycles. The van der Waals surface area contributed by atoms with Gasteiger partial charge in [-0.25, -0.2) is 18.9 Å². The van der Waals surface area contributed by atoms with Crippen molar-refractivity contribution in [1.82, 2.24) is 19.7 Å². The van der Waals surface area contributed by atoms with Crippen molar-refractivity contribution in [2.24, 2.45) is 11.8 Å². The number of piperidine rings is 1. The SMILES string of the molecule is CCC(CC)C(=O)N1CCC(Cc2n[nH]c(=O)n2-c2ccccc2F)CC1. The molecular weight excluding hydrogens is 347 g/mol. The minimum Gasteiger partial charge on any atom is -0.342 e. The number of nitrogens with one attached hydrogen (secondary N) is 1. The summed E-state index contributed by atoms with van der Waals surface area (Å²) in [4.78, 5) is 26.6. The van der Waals surface area contributed by atoms with Gasteiger partial charge in [-0.3, -0.25) is 4.79 Å². The van der Waals surface area contributed by atoms with Gasteiger partial charge in [-0.2, -0.15) is 5.10 Å². The largest absolute Gasteiger partial charge is 0.348 e. The lowest BCUT2D eigenvalue weighted by molar-refractivity contribution is -0.137. The molecule has 0 spiro atoms. The van der Waals surface area contributed by atoms with Gasteiger partial charge in [-0.1, -0.05) is 26.0 Å². The molecule has 7 heteroatoms. The van der Waals surface area contributed by atoms with Crippen LogP contribution in [-0.4, -0.2) is 38.7 Å². The summed E-state index contributed by atoms with van der Waals surface area (Å²) in [6.45, 7) is 5.57. The third-order valence-electron chi connectivity index (χ3n) is 5.57. The highest BCUT2D eigenvalue weighted by molar-refractivity contribution is 5.78. The number of rotatable bonds is 6. The molecule has 1 N–H and O–H groups in total. The van der Waals surface area contributed by atoms with Crippen LogP contribution in [0.2, 0.25) is 0 Å². The molecule has 1 fully saturated rings. The van der Waals surface area contributed by atoms with Gasteiger partial charge in [0.25, 0.3) is 0 Å². The highest BCUT2D eigenvalue weighted by Crippen LogP contribution is 2.24. The average molecular weight is 374 g/mol. The molecule has 1 aromatic carbocycles. The minimum atomic E-state index is -0.451. The van der Waals surface area contributed by atoms with Crippen molar-refractivity contribution in [3.8, 4) is 5.69 Å². The molecule has 3 rings (SSSR count). The maximum absolute atomic E-state index is 14.1. The molecule has 1 aromatic heterocycles. The van der Waals surface area contributed by atoms with E-state index in [1.54, 1.807) is 18.2 Å². The number of benzene rings is 1. The maximum atomic E-state index is 14.1. The Morgan fingerprint density at radius 2 is 1.93 bits per heavy atom. The zero-order chi connectivity index (χ0) is 19.4. The molecule has 2 heterocycles. The van der Waals surface area contributed by atoms with Crippen LogP contribution in [0.25, 0.3) is 5.69 Å². The lowest BCUT2D eigenvalue weighted by Crippen LogP contribution is -2.42. The van der Waals surface area contributed by atoms with Crippen LogP contribution >= 0.6 is 0 Å². The number of carbonyl (C=O) groups is 1. The summed E-state index contributed by atoms with van der Waals surface area (Å²) in [5.41, 5.74) is -0.218. The first kappa shape index (κ1) is 19.3. The Balaban J connectivity index is 1.68. The average Bonchev–Trinajstić information content (AvgIpc) is 3.04. The first-order valence-electron chi connectivity index (χ1n) is 9.75. The van der Waals surface area contributed by atoms with E-state index in [1.165, 1.54) is 10.6 Å². The zero-order valence-corrected chi connectivity index (χ0v) is 15.9. The van der Waals surface area contributed by atoms with Gasteiger partial charge in [0, 0.05) is 25.4 Å². The lowest BCUT2D eigenvalue weighted by atomic mass is 9.91. The van der Waals surface area contributed by atoms with Gasteiger partial charge in [-0.15, -0.1) is 0 Å². The van der Waals surface area contributed by atoms with Crippen LogP contribution in [0.3, 0.4) is 0 Å². The number of amides is 1. The summed E-state index contributed by atoms with van der Waals surface area (Å²) in [6.07, 6.45) is 4.06. The van der Waals surface area contributed by atoms with E-state index in [0.717, 1.165) is 38.8 Å². The van der Waals surface area contributed by atoms with Gasteiger partial charge in [0.2, 0.25) is 5.91 Å². The van der Waals surface area contributed by atoms with Gasteiger partial charge >= 0.3 is 5.69 Å². The quantitative estimate of drug-likeness (QED) is 0.845. The van der Waals surface area contributed by atoms with Crippen LogP contribution in [0.15, 0.2) is 29.1 Å². The van der Waals surface area contributed by atoms with Gasteiger partial charge in [0.1, 0.15) is 11.6 Å². The second kappa shape index (κ2) is 8.50. The minimum absolute atomic E-state index is 0.110. The number of hydrogen-bond acceptors (Lipinski definition) is 3. The predicted octanol–water partition coefficient (Wildman–Crippen LogP) is 2.92. The topological polar surface area (TPSA) is 71.0 Å². The van der Waals surface area contributed by atoms with Crippen LogP contribution in [0, 0.1) is 17.7 Å². The zero-order valence-electron chi connectivity index (χ0n) is 15.9. The molecule has 0 atom stereocenters. The molecule has 0 bridgehead atoms. The smallest absolute Gasteiger partial charge is 0.342 e. The van der Waals surface area contributed by atoms with Crippen molar-refractivity contribution >= 4 is 5.91 Å². The molecule has 27 heavy (non-hydrogen) atoms. The number of aromatic amines is 1. The Hall–Kier alpha value is -2.44. The van der Waals surface area contributed by atoms with Crippen LogP contribution < -0.4 is 5.69 Å².